The minimum atomic E-state index is -5.05. The molecule has 0 aliphatic carbocycles. The summed E-state index contributed by atoms with van der Waals surface area (Å²) in [6, 6.07) is 2.70. The molecule has 0 bridgehead atoms. The molecule has 0 aliphatic heterocycles. The molecule has 1 N–H and O–H groups in total. The molecule has 98 valence electrons. The largest absolute Gasteiger partial charge is 0.573 e. The van der Waals surface area contributed by atoms with Crippen LogP contribution in [0.15, 0.2) is 18.2 Å². The second-order valence-corrected chi connectivity index (χ2v) is 3.13. The van der Waals surface area contributed by atoms with Gasteiger partial charge in [0.1, 0.15) is 5.75 Å². The molecule has 0 radical (unpaired) electrons. The van der Waals surface area contributed by atoms with Gasteiger partial charge in [0.25, 0.3) is 5.69 Å². The Balaban J connectivity index is 3.28. The Morgan fingerprint density at radius 3 is 2.50 bits per heavy atom. The minimum absolute atomic E-state index is 0.632. The molecule has 0 aliphatic rings. The lowest BCUT2D eigenvalue weighted by Crippen LogP contribution is -2.19. The molecule has 0 heterocycles. The third-order valence-electron chi connectivity index (χ3n) is 1.86. The third kappa shape index (κ3) is 3.61. The van der Waals surface area contributed by atoms with Crippen LogP contribution in [0.5, 0.6) is 5.75 Å². The predicted molar refractivity (Wildman–Crippen MR) is 51.1 cm³/mol. The second kappa shape index (κ2) is 4.90. The molecule has 0 spiro atoms. The molecule has 1 aromatic carbocycles. The normalized spacial score (nSPS) is 11.1. The van der Waals surface area contributed by atoms with E-state index in [0.717, 1.165) is 18.2 Å². The van der Waals surface area contributed by atoms with Gasteiger partial charge in [0.05, 0.1) is 16.9 Å². The number of alkyl halides is 3. The second-order valence-electron chi connectivity index (χ2n) is 3.13. The fourth-order valence-corrected chi connectivity index (χ4v) is 1.27. The Morgan fingerprint density at radius 2 is 2.06 bits per heavy atom. The van der Waals surface area contributed by atoms with Gasteiger partial charge in [-0.15, -0.1) is 13.2 Å². The van der Waals surface area contributed by atoms with Crippen molar-refractivity contribution in [2.45, 2.75) is 12.8 Å². The van der Waals surface area contributed by atoms with Crippen LogP contribution >= 0.6 is 0 Å². The number of halogens is 3. The van der Waals surface area contributed by atoms with Crippen LogP contribution in [0.25, 0.3) is 0 Å². The molecule has 0 atom stereocenters. The van der Waals surface area contributed by atoms with Gasteiger partial charge in [-0.25, -0.2) is 0 Å². The standard InChI is InChI=1S/C9H6F3NO5/c10-9(11,12)18-7-3-1-2-6(13(16)17)5(7)4-8(14)15/h1-3H,4H2,(H,14,15). The summed E-state index contributed by atoms with van der Waals surface area (Å²) >= 11 is 0. The Labute approximate surface area is 97.7 Å². The fraction of sp³-hybridized carbons (Fsp3) is 0.222. The summed E-state index contributed by atoms with van der Waals surface area (Å²) in [4.78, 5) is 20.1. The lowest BCUT2D eigenvalue weighted by molar-refractivity contribution is -0.385. The van der Waals surface area contributed by atoms with Gasteiger partial charge in [0.15, 0.2) is 0 Å². The molecule has 0 saturated heterocycles. The molecular weight excluding hydrogens is 259 g/mol. The van der Waals surface area contributed by atoms with Crippen molar-refractivity contribution in [3.63, 3.8) is 0 Å². The topological polar surface area (TPSA) is 89.7 Å². The third-order valence-corrected chi connectivity index (χ3v) is 1.86. The van der Waals surface area contributed by atoms with Crippen molar-refractivity contribution in [3.05, 3.63) is 33.9 Å². The number of aliphatic carboxylic acids is 1. The van der Waals surface area contributed by atoms with Crippen LogP contribution in [0.4, 0.5) is 18.9 Å². The van der Waals surface area contributed by atoms with Gasteiger partial charge >= 0.3 is 12.3 Å². The molecule has 9 heteroatoms. The Morgan fingerprint density at radius 1 is 1.44 bits per heavy atom. The molecule has 1 aromatic rings. The molecule has 6 nitrogen and oxygen atoms in total. The van der Waals surface area contributed by atoms with Crippen LogP contribution in [0.1, 0.15) is 5.56 Å². The van der Waals surface area contributed by atoms with Crippen molar-refractivity contribution in [1.82, 2.24) is 0 Å². The maximum atomic E-state index is 12.1. The van der Waals surface area contributed by atoms with E-state index in [1.165, 1.54) is 0 Å². The van der Waals surface area contributed by atoms with E-state index in [1.807, 2.05) is 0 Å². The predicted octanol–water partition coefficient (Wildman–Crippen LogP) is 2.12. The Bertz CT molecular complexity index is 486. The monoisotopic (exact) mass is 265 g/mol. The van der Waals surface area contributed by atoms with Crippen LogP contribution in [0.3, 0.4) is 0 Å². The van der Waals surface area contributed by atoms with Crippen LogP contribution in [0.2, 0.25) is 0 Å². The number of carbonyl (C=O) groups is 1. The summed E-state index contributed by atoms with van der Waals surface area (Å²) < 4.78 is 39.7. The van der Waals surface area contributed by atoms with Crippen LogP contribution in [-0.4, -0.2) is 22.4 Å². The summed E-state index contributed by atoms with van der Waals surface area (Å²) in [6.07, 6.45) is -5.99. The van der Waals surface area contributed by atoms with Gasteiger partial charge < -0.3 is 9.84 Å². The van der Waals surface area contributed by atoms with Crippen molar-refractivity contribution in [2.75, 3.05) is 0 Å². The van der Waals surface area contributed by atoms with Crippen molar-refractivity contribution >= 4 is 11.7 Å². The highest BCUT2D eigenvalue weighted by Crippen LogP contribution is 2.32. The maximum absolute atomic E-state index is 12.1. The summed E-state index contributed by atoms with van der Waals surface area (Å²) in [7, 11) is 0. The number of carboxylic acid groups (broad SMARTS) is 1. The van der Waals surface area contributed by atoms with E-state index >= 15 is 0 Å². The Kier molecular flexibility index (Phi) is 3.74. The van der Waals surface area contributed by atoms with E-state index in [-0.39, 0.29) is 0 Å². The van der Waals surface area contributed by atoms with Crippen LogP contribution in [-0.2, 0) is 11.2 Å². The molecule has 0 saturated carbocycles. The molecule has 0 amide bonds. The summed E-state index contributed by atoms with van der Waals surface area (Å²) in [6.45, 7) is 0. The maximum Gasteiger partial charge on any atom is 0.573 e. The molecular formula is C9H6F3NO5. The average Bonchev–Trinajstić information content (AvgIpc) is 2.17. The highest BCUT2D eigenvalue weighted by Gasteiger charge is 2.34. The first-order chi connectivity index (χ1) is 8.20. The van der Waals surface area contributed by atoms with Gasteiger partial charge in [0.2, 0.25) is 0 Å². The van der Waals surface area contributed by atoms with Gasteiger partial charge in [-0.2, -0.15) is 0 Å². The number of nitro benzene ring substituents is 1. The quantitative estimate of drug-likeness (QED) is 0.665. The number of rotatable bonds is 4. The van der Waals surface area contributed by atoms with Gasteiger partial charge in [-0.05, 0) is 6.07 Å². The van der Waals surface area contributed by atoms with E-state index < -0.39 is 40.7 Å². The van der Waals surface area contributed by atoms with Crippen molar-refractivity contribution in [3.8, 4) is 5.75 Å². The van der Waals surface area contributed by atoms with E-state index in [9.17, 15) is 28.1 Å². The number of carboxylic acids is 1. The molecule has 18 heavy (non-hydrogen) atoms. The number of hydrogen-bond acceptors (Lipinski definition) is 4. The molecule has 1 rings (SSSR count). The van der Waals surface area contributed by atoms with Gasteiger partial charge in [-0.1, -0.05) is 6.07 Å². The minimum Gasteiger partial charge on any atom is -0.481 e. The number of hydrogen-bond donors (Lipinski definition) is 1. The summed E-state index contributed by atoms with van der Waals surface area (Å²) in [5, 5.41) is 19.1. The van der Waals surface area contributed by atoms with Gasteiger partial charge in [0, 0.05) is 6.07 Å². The SMILES string of the molecule is O=C(O)Cc1c(OC(F)(F)F)cccc1[N+](=O)[O-]. The van der Waals surface area contributed by atoms with Crippen LogP contribution in [0, 0.1) is 10.1 Å². The first kappa shape index (κ1) is 13.7. The fourth-order valence-electron chi connectivity index (χ4n) is 1.27. The first-order valence-corrected chi connectivity index (χ1v) is 4.44. The van der Waals surface area contributed by atoms with Crippen LogP contribution < -0.4 is 4.74 Å². The average molecular weight is 265 g/mol. The smallest absolute Gasteiger partial charge is 0.481 e. The highest BCUT2D eigenvalue weighted by molar-refractivity contribution is 5.73. The van der Waals surface area contributed by atoms with E-state index in [1.54, 1.807) is 0 Å². The zero-order valence-corrected chi connectivity index (χ0v) is 8.60. The van der Waals surface area contributed by atoms with E-state index in [4.69, 9.17) is 5.11 Å². The van der Waals surface area contributed by atoms with Crippen molar-refractivity contribution in [2.24, 2.45) is 0 Å². The lowest BCUT2D eigenvalue weighted by atomic mass is 10.1. The number of ether oxygens (including phenoxy) is 1. The summed E-state index contributed by atoms with van der Waals surface area (Å²) in [5.41, 5.74) is -1.37. The van der Waals surface area contributed by atoms with Crippen molar-refractivity contribution < 1.29 is 32.7 Å². The zero-order chi connectivity index (χ0) is 13.9. The van der Waals surface area contributed by atoms with Crippen molar-refractivity contribution in [1.29, 1.82) is 0 Å². The zero-order valence-electron chi connectivity index (χ0n) is 8.60. The molecule has 0 aromatic heterocycles. The lowest BCUT2D eigenvalue weighted by Gasteiger charge is -2.12. The number of benzene rings is 1. The van der Waals surface area contributed by atoms with E-state index in [0.29, 0.717) is 0 Å². The molecule has 0 fully saturated rings. The highest BCUT2D eigenvalue weighted by atomic mass is 19.4. The summed E-state index contributed by atoms with van der Waals surface area (Å²) in [5.74, 6) is -2.39. The van der Waals surface area contributed by atoms with E-state index in [2.05, 4.69) is 4.74 Å². The van der Waals surface area contributed by atoms with Gasteiger partial charge in [-0.3, -0.25) is 14.9 Å². The number of nitro groups is 1. The number of nitrogens with zero attached hydrogens (tertiary/aromatic N) is 1. The Hall–Kier alpha value is -2.32. The first-order valence-electron chi connectivity index (χ1n) is 4.44. The molecule has 0 unspecified atom stereocenters.